The number of ether oxygens (including phenoxy) is 1. The third-order valence-corrected chi connectivity index (χ3v) is 7.06. The highest BCUT2D eigenvalue weighted by Gasteiger charge is 2.38. The van der Waals surface area contributed by atoms with Crippen molar-refractivity contribution < 1.29 is 9.53 Å². The molecule has 0 aromatic heterocycles. The number of amides is 1. The summed E-state index contributed by atoms with van der Waals surface area (Å²) < 4.78 is 6.00. The number of nitrogens with one attached hydrogen (secondary N) is 3. The van der Waals surface area contributed by atoms with Crippen LogP contribution in [0.5, 0.6) is 11.5 Å². The normalized spacial score (nSPS) is 18.9. The van der Waals surface area contributed by atoms with E-state index in [1.54, 1.807) is 12.1 Å². The van der Waals surface area contributed by atoms with Gasteiger partial charge in [0.15, 0.2) is 6.19 Å². The van der Waals surface area contributed by atoms with Crippen molar-refractivity contribution in [3.63, 3.8) is 0 Å². The zero-order valence-corrected chi connectivity index (χ0v) is 20.4. The zero-order chi connectivity index (χ0) is 25.4. The van der Waals surface area contributed by atoms with Crippen LogP contribution in [0.3, 0.4) is 0 Å². The Morgan fingerprint density at radius 1 is 1.03 bits per heavy atom. The average molecular weight is 482 g/mol. The molecule has 36 heavy (non-hydrogen) atoms. The van der Waals surface area contributed by atoms with Gasteiger partial charge in [0.2, 0.25) is 5.96 Å². The minimum absolute atomic E-state index is 0.109. The highest BCUT2D eigenvalue weighted by atomic mass is 16.5. The molecule has 7 heteroatoms. The largest absolute Gasteiger partial charge is 0.457 e. The van der Waals surface area contributed by atoms with Gasteiger partial charge in [0.25, 0.3) is 5.91 Å². The number of benzene rings is 3. The third kappa shape index (κ3) is 5.66. The van der Waals surface area contributed by atoms with Crippen LogP contribution in [0.4, 0.5) is 0 Å². The molecule has 0 aliphatic heterocycles. The lowest BCUT2D eigenvalue weighted by atomic mass is 9.68. The van der Waals surface area contributed by atoms with Crippen LogP contribution >= 0.6 is 0 Å². The van der Waals surface area contributed by atoms with Crippen molar-refractivity contribution in [3.8, 4) is 17.7 Å². The number of para-hydroxylation sites is 2. The Labute approximate surface area is 212 Å². The Balaban J connectivity index is 1.49. The second kappa shape index (κ2) is 11.4. The van der Waals surface area contributed by atoms with Gasteiger partial charge in [0.1, 0.15) is 11.5 Å². The Hall–Kier alpha value is -4.31. The maximum Gasteiger partial charge on any atom is 0.255 e. The fourth-order valence-corrected chi connectivity index (χ4v) is 4.93. The summed E-state index contributed by atoms with van der Waals surface area (Å²) in [7, 11) is 1.85. The number of rotatable bonds is 7. The molecule has 3 aromatic carbocycles. The molecule has 0 saturated heterocycles. The van der Waals surface area contributed by atoms with Crippen molar-refractivity contribution in [2.75, 3.05) is 13.6 Å². The van der Waals surface area contributed by atoms with Gasteiger partial charge < -0.3 is 15.0 Å². The Bertz CT molecular complexity index is 1220. The van der Waals surface area contributed by atoms with E-state index in [4.69, 9.17) is 15.4 Å². The van der Waals surface area contributed by atoms with E-state index in [1.807, 2.05) is 78.8 Å². The molecule has 0 radical (unpaired) electrons. The summed E-state index contributed by atoms with van der Waals surface area (Å²) in [6.07, 6.45) is 5.24. The molecule has 1 aliphatic rings. The average Bonchev–Trinajstić information content (AvgIpc) is 2.93. The summed E-state index contributed by atoms with van der Waals surface area (Å²) in [5, 5.41) is 22.5. The van der Waals surface area contributed by atoms with E-state index in [0.29, 0.717) is 23.6 Å². The van der Waals surface area contributed by atoms with Crippen LogP contribution < -0.4 is 15.4 Å². The van der Waals surface area contributed by atoms with Crippen LogP contribution in [0.2, 0.25) is 0 Å². The first kappa shape index (κ1) is 24.8. The quantitative estimate of drug-likeness (QED) is 0.190. The topological polar surface area (TPSA) is 101 Å². The molecule has 0 heterocycles. The van der Waals surface area contributed by atoms with Gasteiger partial charge in [-0.15, -0.1) is 0 Å². The Morgan fingerprint density at radius 3 is 2.31 bits per heavy atom. The van der Waals surface area contributed by atoms with Crippen molar-refractivity contribution in [2.24, 2.45) is 0 Å². The van der Waals surface area contributed by atoms with Crippen molar-refractivity contribution in [3.05, 3.63) is 96.1 Å². The number of nitriles is 1. The first-order chi connectivity index (χ1) is 17.5. The number of carbonyl (C=O) groups is 1. The molecule has 1 aliphatic carbocycles. The van der Waals surface area contributed by atoms with Gasteiger partial charge in [-0.25, -0.2) is 0 Å². The first-order valence-corrected chi connectivity index (χ1v) is 12.1. The summed E-state index contributed by atoms with van der Waals surface area (Å²) >= 11 is 0. The molecular formula is C29H31N5O2. The fourth-order valence-electron chi connectivity index (χ4n) is 4.93. The summed E-state index contributed by atoms with van der Waals surface area (Å²) in [5.41, 5.74) is 1.48. The van der Waals surface area contributed by atoms with Gasteiger partial charge in [0, 0.05) is 25.0 Å². The highest BCUT2D eigenvalue weighted by molar-refractivity contribution is 5.97. The predicted molar refractivity (Wildman–Crippen MR) is 140 cm³/mol. The van der Waals surface area contributed by atoms with Gasteiger partial charge in [-0.3, -0.25) is 15.5 Å². The SMILES string of the molecule is CN(C(=N)NC#N)C1CCC(CNC(=O)c2ccccc2Oc2ccccc2)(c2ccccc2)CC1. The second-order valence-electron chi connectivity index (χ2n) is 9.17. The third-order valence-electron chi connectivity index (χ3n) is 7.06. The van der Waals surface area contributed by atoms with E-state index >= 15 is 0 Å². The minimum Gasteiger partial charge on any atom is -0.457 e. The molecule has 1 saturated carbocycles. The number of hydrogen-bond acceptors (Lipinski definition) is 4. The molecule has 3 aromatic rings. The van der Waals surface area contributed by atoms with E-state index in [-0.39, 0.29) is 23.3 Å². The molecule has 184 valence electrons. The van der Waals surface area contributed by atoms with Gasteiger partial charge in [0.05, 0.1) is 5.56 Å². The Morgan fingerprint density at radius 2 is 1.64 bits per heavy atom. The van der Waals surface area contributed by atoms with E-state index in [1.165, 1.54) is 5.56 Å². The summed E-state index contributed by atoms with van der Waals surface area (Å²) in [6, 6.07) is 27.2. The van der Waals surface area contributed by atoms with Crippen molar-refractivity contribution in [1.29, 1.82) is 10.7 Å². The molecular weight excluding hydrogens is 450 g/mol. The number of carbonyl (C=O) groups excluding carboxylic acids is 1. The van der Waals surface area contributed by atoms with Crippen LogP contribution in [-0.2, 0) is 5.41 Å². The number of hydrogen-bond donors (Lipinski definition) is 3. The van der Waals surface area contributed by atoms with Gasteiger partial charge in [-0.05, 0) is 55.5 Å². The first-order valence-electron chi connectivity index (χ1n) is 12.1. The van der Waals surface area contributed by atoms with Crippen molar-refractivity contribution >= 4 is 11.9 Å². The fraction of sp³-hybridized carbons (Fsp3) is 0.276. The second-order valence-corrected chi connectivity index (χ2v) is 9.17. The summed E-state index contributed by atoms with van der Waals surface area (Å²) in [4.78, 5) is 15.2. The van der Waals surface area contributed by atoms with Crippen LogP contribution in [0.25, 0.3) is 0 Å². The molecule has 0 atom stereocenters. The maximum atomic E-state index is 13.3. The lowest BCUT2D eigenvalue weighted by molar-refractivity contribution is 0.0928. The molecule has 0 spiro atoms. The van der Waals surface area contributed by atoms with E-state index in [0.717, 1.165) is 25.7 Å². The zero-order valence-electron chi connectivity index (χ0n) is 20.4. The van der Waals surface area contributed by atoms with Crippen molar-refractivity contribution in [1.82, 2.24) is 15.5 Å². The van der Waals surface area contributed by atoms with Crippen LogP contribution in [0.15, 0.2) is 84.9 Å². The van der Waals surface area contributed by atoms with Gasteiger partial charge in [-0.2, -0.15) is 5.26 Å². The maximum absolute atomic E-state index is 13.3. The Kier molecular flexibility index (Phi) is 7.86. The number of guanidine groups is 1. The van der Waals surface area contributed by atoms with Crippen molar-refractivity contribution in [2.45, 2.75) is 37.1 Å². The highest BCUT2D eigenvalue weighted by Crippen LogP contribution is 2.40. The van der Waals surface area contributed by atoms with Crippen LogP contribution in [-0.4, -0.2) is 36.4 Å². The molecule has 4 rings (SSSR count). The van der Waals surface area contributed by atoms with E-state index < -0.39 is 0 Å². The monoisotopic (exact) mass is 481 g/mol. The molecule has 3 N–H and O–H groups in total. The van der Waals surface area contributed by atoms with E-state index in [2.05, 4.69) is 22.8 Å². The molecule has 0 unspecified atom stereocenters. The summed E-state index contributed by atoms with van der Waals surface area (Å²) in [5.74, 6) is 1.13. The molecule has 1 amide bonds. The van der Waals surface area contributed by atoms with Gasteiger partial charge in [-0.1, -0.05) is 60.7 Å². The van der Waals surface area contributed by atoms with Crippen LogP contribution in [0.1, 0.15) is 41.6 Å². The van der Waals surface area contributed by atoms with E-state index in [9.17, 15) is 4.79 Å². The van der Waals surface area contributed by atoms with Crippen LogP contribution in [0, 0.1) is 16.9 Å². The molecule has 1 fully saturated rings. The minimum atomic E-state index is -0.214. The standard InChI is InChI=1S/C29H31N5O2/c1-34(28(31)33-21-30)23-16-18-29(19-17-23,22-10-4-2-5-11-22)20-32-27(35)25-14-8-9-15-26(25)36-24-12-6-3-7-13-24/h2-15,23H,16-20H2,1H3,(H2,31,33)(H,32,35). The lowest BCUT2D eigenvalue weighted by Crippen LogP contribution is -2.49. The summed E-state index contributed by atoms with van der Waals surface area (Å²) in [6.45, 7) is 0.500. The molecule has 7 nitrogen and oxygen atoms in total. The molecule has 0 bridgehead atoms. The number of nitrogens with zero attached hydrogens (tertiary/aromatic N) is 2. The lowest BCUT2D eigenvalue weighted by Gasteiger charge is -2.43. The van der Waals surface area contributed by atoms with Gasteiger partial charge >= 0.3 is 0 Å². The smallest absolute Gasteiger partial charge is 0.255 e. The predicted octanol–water partition coefficient (Wildman–Crippen LogP) is 5.03.